The molecule has 110 valence electrons. The van der Waals surface area contributed by atoms with Gasteiger partial charge in [0.1, 0.15) is 0 Å². The molecule has 0 amide bonds. The minimum absolute atomic E-state index is 0.0214. The summed E-state index contributed by atoms with van der Waals surface area (Å²) in [6.07, 6.45) is 4.02. The number of ether oxygens (including phenoxy) is 2. The number of allylic oxidation sites excluding steroid dienone is 1. The molecule has 1 aromatic rings. The number of cyclic esters (lactones) is 1. The third-order valence-corrected chi connectivity index (χ3v) is 4.23. The van der Waals surface area contributed by atoms with Crippen LogP contribution in [0, 0.1) is 17.8 Å². The molecule has 1 aliphatic heterocycles. The first kappa shape index (κ1) is 13.9. The molecule has 1 aromatic carbocycles. The average molecular weight is 286 g/mol. The molecule has 4 atom stereocenters. The molecule has 3 rings (SSSR count). The van der Waals surface area contributed by atoms with E-state index in [-0.39, 0.29) is 23.8 Å². The van der Waals surface area contributed by atoms with Crippen molar-refractivity contribution >= 4 is 11.9 Å². The maximum Gasteiger partial charge on any atom is 0.310 e. The van der Waals surface area contributed by atoms with E-state index in [0.717, 1.165) is 5.56 Å². The Morgan fingerprint density at radius 2 is 2.05 bits per heavy atom. The minimum atomic E-state index is -0.502. The van der Waals surface area contributed by atoms with E-state index < -0.39 is 11.8 Å². The van der Waals surface area contributed by atoms with Crippen LogP contribution in [-0.2, 0) is 19.1 Å². The first-order chi connectivity index (χ1) is 10.2. The van der Waals surface area contributed by atoms with E-state index in [1.807, 2.05) is 42.5 Å². The molecule has 0 aromatic heterocycles. The number of benzene rings is 1. The molecular weight excluding hydrogens is 268 g/mol. The Morgan fingerprint density at radius 3 is 2.76 bits per heavy atom. The van der Waals surface area contributed by atoms with E-state index in [1.165, 1.54) is 0 Å². The fourth-order valence-electron chi connectivity index (χ4n) is 3.27. The molecular formula is C17H18O4. The van der Waals surface area contributed by atoms with Gasteiger partial charge in [0.05, 0.1) is 25.0 Å². The quantitative estimate of drug-likeness (QED) is 0.632. The second kappa shape index (κ2) is 5.72. The summed E-state index contributed by atoms with van der Waals surface area (Å²) in [6, 6.07) is 9.75. The van der Waals surface area contributed by atoms with Gasteiger partial charge in [0, 0.05) is 11.8 Å². The zero-order valence-electron chi connectivity index (χ0n) is 11.9. The standard InChI is InChI=1S/C17H18O4/c1-2-20-17(19)15-13(11-6-4-3-5-7-11)9-8-12-10-21-16(18)14(12)15/h3-9,12-15H,2,10H2,1H3/t12-,13+,14-,15-/m1/s1. The van der Waals surface area contributed by atoms with Gasteiger partial charge in [0.25, 0.3) is 0 Å². The van der Waals surface area contributed by atoms with Gasteiger partial charge in [-0.05, 0) is 12.5 Å². The van der Waals surface area contributed by atoms with Crippen LogP contribution in [0.15, 0.2) is 42.5 Å². The lowest BCUT2D eigenvalue weighted by Gasteiger charge is -2.32. The summed E-state index contributed by atoms with van der Waals surface area (Å²) in [4.78, 5) is 24.4. The summed E-state index contributed by atoms with van der Waals surface area (Å²) in [7, 11) is 0. The van der Waals surface area contributed by atoms with Gasteiger partial charge in [0.2, 0.25) is 0 Å². The Kier molecular flexibility index (Phi) is 3.78. The molecule has 21 heavy (non-hydrogen) atoms. The highest BCUT2D eigenvalue weighted by Crippen LogP contribution is 2.44. The Labute approximate surface area is 123 Å². The zero-order valence-corrected chi connectivity index (χ0v) is 11.9. The van der Waals surface area contributed by atoms with E-state index >= 15 is 0 Å². The van der Waals surface area contributed by atoms with E-state index in [4.69, 9.17) is 9.47 Å². The fraction of sp³-hybridized carbons (Fsp3) is 0.412. The maximum atomic E-state index is 12.4. The van der Waals surface area contributed by atoms with Gasteiger partial charge in [-0.2, -0.15) is 0 Å². The Morgan fingerprint density at radius 1 is 1.29 bits per heavy atom. The van der Waals surface area contributed by atoms with Crippen molar-refractivity contribution in [1.29, 1.82) is 0 Å². The second-order valence-electron chi connectivity index (χ2n) is 5.42. The lowest BCUT2D eigenvalue weighted by Crippen LogP contribution is -2.38. The van der Waals surface area contributed by atoms with Crippen molar-refractivity contribution in [2.75, 3.05) is 13.2 Å². The highest BCUT2D eigenvalue weighted by atomic mass is 16.5. The number of carbonyl (C=O) groups excluding carboxylic acids is 2. The third-order valence-electron chi connectivity index (χ3n) is 4.23. The van der Waals surface area contributed by atoms with Crippen LogP contribution in [0.1, 0.15) is 18.4 Å². The van der Waals surface area contributed by atoms with Gasteiger partial charge in [-0.15, -0.1) is 0 Å². The predicted octanol–water partition coefficient (Wildman–Crippen LogP) is 2.31. The third kappa shape index (κ3) is 2.46. The molecule has 1 heterocycles. The second-order valence-corrected chi connectivity index (χ2v) is 5.42. The van der Waals surface area contributed by atoms with Crippen molar-refractivity contribution < 1.29 is 19.1 Å². The monoisotopic (exact) mass is 286 g/mol. The first-order valence-corrected chi connectivity index (χ1v) is 7.29. The summed E-state index contributed by atoms with van der Waals surface area (Å²) >= 11 is 0. The first-order valence-electron chi connectivity index (χ1n) is 7.29. The molecule has 0 spiro atoms. The summed E-state index contributed by atoms with van der Waals surface area (Å²) in [5, 5.41) is 0. The molecule has 0 unspecified atom stereocenters. The van der Waals surface area contributed by atoms with Crippen molar-refractivity contribution in [2.45, 2.75) is 12.8 Å². The summed E-state index contributed by atoms with van der Waals surface area (Å²) in [6.45, 7) is 2.45. The molecule has 1 aliphatic carbocycles. The molecule has 4 heteroatoms. The number of fused-ring (bicyclic) bond motifs is 1. The van der Waals surface area contributed by atoms with Crippen LogP contribution in [0.4, 0.5) is 0 Å². The van der Waals surface area contributed by atoms with Crippen molar-refractivity contribution in [3.63, 3.8) is 0 Å². The lowest BCUT2D eigenvalue weighted by atomic mass is 9.69. The molecule has 0 saturated carbocycles. The van der Waals surface area contributed by atoms with Crippen LogP contribution in [0.2, 0.25) is 0 Å². The average Bonchev–Trinajstić information content (AvgIpc) is 2.89. The zero-order chi connectivity index (χ0) is 14.8. The highest BCUT2D eigenvalue weighted by molar-refractivity contribution is 5.85. The number of esters is 2. The number of hydrogen-bond acceptors (Lipinski definition) is 4. The minimum Gasteiger partial charge on any atom is -0.466 e. The SMILES string of the molecule is CCOC(=O)[C@H]1[C@@H]2C(=O)OC[C@H]2C=C[C@H]1c1ccccc1. The Hall–Kier alpha value is -2.10. The van der Waals surface area contributed by atoms with E-state index in [1.54, 1.807) is 6.92 Å². The van der Waals surface area contributed by atoms with Gasteiger partial charge >= 0.3 is 11.9 Å². The van der Waals surface area contributed by atoms with Crippen molar-refractivity contribution in [1.82, 2.24) is 0 Å². The van der Waals surface area contributed by atoms with Crippen LogP contribution < -0.4 is 0 Å². The van der Waals surface area contributed by atoms with Gasteiger partial charge in [-0.25, -0.2) is 0 Å². The van der Waals surface area contributed by atoms with Crippen molar-refractivity contribution in [2.24, 2.45) is 17.8 Å². The molecule has 0 radical (unpaired) electrons. The Bertz CT molecular complexity index is 563. The highest BCUT2D eigenvalue weighted by Gasteiger charge is 2.50. The van der Waals surface area contributed by atoms with Crippen LogP contribution in [0.5, 0.6) is 0 Å². The van der Waals surface area contributed by atoms with Gasteiger partial charge < -0.3 is 9.47 Å². The number of carbonyl (C=O) groups is 2. The lowest BCUT2D eigenvalue weighted by molar-refractivity contribution is -0.156. The van der Waals surface area contributed by atoms with Gasteiger partial charge in [-0.1, -0.05) is 42.5 Å². The van der Waals surface area contributed by atoms with E-state index in [2.05, 4.69) is 0 Å². The molecule has 0 N–H and O–H groups in total. The van der Waals surface area contributed by atoms with E-state index in [0.29, 0.717) is 13.2 Å². The number of hydrogen-bond donors (Lipinski definition) is 0. The van der Waals surface area contributed by atoms with Gasteiger partial charge in [0.15, 0.2) is 0 Å². The normalized spacial score (nSPS) is 30.6. The van der Waals surface area contributed by atoms with Crippen LogP contribution in [0.3, 0.4) is 0 Å². The summed E-state index contributed by atoms with van der Waals surface area (Å²) in [5.41, 5.74) is 1.02. The molecule has 1 fully saturated rings. The van der Waals surface area contributed by atoms with Crippen molar-refractivity contribution in [3.05, 3.63) is 48.0 Å². The van der Waals surface area contributed by atoms with Gasteiger partial charge in [-0.3, -0.25) is 9.59 Å². The van der Waals surface area contributed by atoms with E-state index in [9.17, 15) is 9.59 Å². The number of rotatable bonds is 3. The topological polar surface area (TPSA) is 52.6 Å². The molecule has 0 bridgehead atoms. The van der Waals surface area contributed by atoms with Crippen LogP contribution in [-0.4, -0.2) is 25.2 Å². The van der Waals surface area contributed by atoms with Crippen LogP contribution >= 0.6 is 0 Å². The molecule has 1 saturated heterocycles. The van der Waals surface area contributed by atoms with Crippen molar-refractivity contribution in [3.8, 4) is 0 Å². The predicted molar refractivity (Wildman–Crippen MR) is 76.4 cm³/mol. The largest absolute Gasteiger partial charge is 0.466 e. The maximum absolute atomic E-state index is 12.4. The molecule has 4 nitrogen and oxygen atoms in total. The molecule has 2 aliphatic rings. The fourth-order valence-corrected chi connectivity index (χ4v) is 3.27. The smallest absolute Gasteiger partial charge is 0.310 e. The van der Waals surface area contributed by atoms with Crippen LogP contribution in [0.25, 0.3) is 0 Å². The summed E-state index contributed by atoms with van der Waals surface area (Å²) in [5.74, 6) is -1.70. The summed E-state index contributed by atoms with van der Waals surface area (Å²) < 4.78 is 10.4. The Balaban J connectivity index is 1.99.